The van der Waals surface area contributed by atoms with Gasteiger partial charge < -0.3 is 14.9 Å². The molecule has 0 bridgehead atoms. The normalized spacial score (nSPS) is 12.5. The van der Waals surface area contributed by atoms with E-state index in [9.17, 15) is 0 Å². The minimum atomic E-state index is -0.108. The third-order valence-electron chi connectivity index (χ3n) is 2.04. The highest BCUT2D eigenvalue weighted by Crippen LogP contribution is 2.28. The van der Waals surface area contributed by atoms with E-state index in [0.717, 1.165) is 0 Å². The van der Waals surface area contributed by atoms with Gasteiger partial charge in [0, 0.05) is 18.1 Å². The van der Waals surface area contributed by atoms with Gasteiger partial charge in [-0.2, -0.15) is 0 Å². The Labute approximate surface area is 94.3 Å². The van der Waals surface area contributed by atoms with Crippen LogP contribution in [0.2, 0.25) is 5.02 Å². The zero-order chi connectivity index (χ0) is 11.3. The quantitative estimate of drug-likeness (QED) is 0.812. The highest BCUT2D eigenvalue weighted by molar-refractivity contribution is 6.32. The van der Waals surface area contributed by atoms with Gasteiger partial charge in [0.05, 0.1) is 18.2 Å². The summed E-state index contributed by atoms with van der Waals surface area (Å²) in [6.07, 6.45) is 0. The molecule has 3 nitrogen and oxygen atoms in total. The highest BCUT2D eigenvalue weighted by atomic mass is 35.5. The molecule has 1 aromatic rings. The molecule has 15 heavy (non-hydrogen) atoms. The van der Waals surface area contributed by atoms with E-state index < -0.39 is 0 Å². The first-order valence-electron chi connectivity index (χ1n) is 4.81. The van der Waals surface area contributed by atoms with Crippen LogP contribution in [0.1, 0.15) is 12.5 Å². The summed E-state index contributed by atoms with van der Waals surface area (Å²) in [6.45, 7) is 2.21. The fraction of sp³-hybridized carbons (Fsp3) is 0.455. The van der Waals surface area contributed by atoms with Gasteiger partial charge in [0.1, 0.15) is 5.75 Å². The molecule has 1 aromatic carbocycles. The van der Waals surface area contributed by atoms with Gasteiger partial charge in [0.2, 0.25) is 0 Å². The number of para-hydroxylation sites is 1. The van der Waals surface area contributed by atoms with Crippen LogP contribution in [0.25, 0.3) is 0 Å². The molecule has 84 valence electrons. The van der Waals surface area contributed by atoms with Crippen LogP contribution in [0.15, 0.2) is 18.2 Å². The fourth-order valence-corrected chi connectivity index (χ4v) is 1.37. The SMILES string of the molecule is CC(CO)COc1c(Cl)cccc1CO. The smallest absolute Gasteiger partial charge is 0.143 e. The van der Waals surface area contributed by atoms with Crippen LogP contribution in [-0.2, 0) is 6.61 Å². The maximum absolute atomic E-state index is 9.08. The lowest BCUT2D eigenvalue weighted by molar-refractivity contribution is 0.171. The molecule has 0 amide bonds. The molecule has 2 N–H and O–H groups in total. The van der Waals surface area contributed by atoms with Gasteiger partial charge in [-0.1, -0.05) is 30.7 Å². The molecule has 0 saturated heterocycles. The van der Waals surface area contributed by atoms with E-state index in [0.29, 0.717) is 22.9 Å². The third-order valence-corrected chi connectivity index (χ3v) is 2.34. The molecule has 1 rings (SSSR count). The molecule has 0 aliphatic carbocycles. The van der Waals surface area contributed by atoms with E-state index in [-0.39, 0.29) is 19.1 Å². The molecule has 4 heteroatoms. The summed E-state index contributed by atoms with van der Waals surface area (Å²) in [5, 5.41) is 18.4. The zero-order valence-electron chi connectivity index (χ0n) is 8.61. The number of hydrogen-bond donors (Lipinski definition) is 2. The number of aliphatic hydroxyl groups excluding tert-OH is 2. The Morgan fingerprint density at radius 3 is 2.73 bits per heavy atom. The fourth-order valence-electron chi connectivity index (χ4n) is 1.12. The average Bonchev–Trinajstić information content (AvgIpc) is 2.26. The van der Waals surface area contributed by atoms with E-state index in [1.165, 1.54) is 0 Å². The lowest BCUT2D eigenvalue weighted by Gasteiger charge is -2.14. The molecule has 0 saturated carbocycles. The number of ether oxygens (including phenoxy) is 1. The molecule has 0 heterocycles. The second kappa shape index (κ2) is 5.95. The minimum Gasteiger partial charge on any atom is -0.491 e. The minimum absolute atomic E-state index is 0.0489. The summed E-state index contributed by atoms with van der Waals surface area (Å²) in [7, 11) is 0. The van der Waals surface area contributed by atoms with Crippen molar-refractivity contribution in [1.82, 2.24) is 0 Å². The van der Waals surface area contributed by atoms with Crippen LogP contribution in [0, 0.1) is 5.92 Å². The molecular weight excluding hydrogens is 216 g/mol. The monoisotopic (exact) mass is 230 g/mol. The van der Waals surface area contributed by atoms with Gasteiger partial charge in [-0.15, -0.1) is 0 Å². The predicted molar refractivity (Wildman–Crippen MR) is 59.1 cm³/mol. The van der Waals surface area contributed by atoms with Gasteiger partial charge in [0.15, 0.2) is 0 Å². The Morgan fingerprint density at radius 2 is 2.13 bits per heavy atom. The van der Waals surface area contributed by atoms with Crippen molar-refractivity contribution in [2.24, 2.45) is 5.92 Å². The summed E-state index contributed by atoms with van der Waals surface area (Å²) in [5.41, 5.74) is 0.660. The van der Waals surface area contributed by atoms with Crippen molar-refractivity contribution in [2.45, 2.75) is 13.5 Å². The van der Waals surface area contributed by atoms with Gasteiger partial charge in [-0.25, -0.2) is 0 Å². The average molecular weight is 231 g/mol. The lowest BCUT2D eigenvalue weighted by Crippen LogP contribution is -2.13. The summed E-state index contributed by atoms with van der Waals surface area (Å²) in [4.78, 5) is 0. The molecule has 0 radical (unpaired) electrons. The van der Waals surface area contributed by atoms with Crippen molar-refractivity contribution in [3.63, 3.8) is 0 Å². The molecule has 0 fully saturated rings. The lowest BCUT2D eigenvalue weighted by atomic mass is 10.2. The van der Waals surface area contributed by atoms with Gasteiger partial charge in [-0.05, 0) is 6.07 Å². The molecule has 0 aliphatic heterocycles. The second-order valence-electron chi connectivity index (χ2n) is 3.48. The largest absolute Gasteiger partial charge is 0.491 e. The van der Waals surface area contributed by atoms with Gasteiger partial charge in [-0.3, -0.25) is 0 Å². The molecule has 1 atom stereocenters. The van der Waals surface area contributed by atoms with E-state index in [4.69, 9.17) is 26.6 Å². The topological polar surface area (TPSA) is 49.7 Å². The van der Waals surface area contributed by atoms with E-state index in [1.54, 1.807) is 18.2 Å². The van der Waals surface area contributed by atoms with Crippen molar-refractivity contribution >= 4 is 11.6 Å². The predicted octanol–water partition coefficient (Wildman–Crippen LogP) is 1.84. The summed E-state index contributed by atoms with van der Waals surface area (Å²) >= 11 is 5.94. The number of aliphatic hydroxyl groups is 2. The van der Waals surface area contributed by atoms with Crippen LogP contribution >= 0.6 is 11.6 Å². The van der Waals surface area contributed by atoms with Crippen LogP contribution in [0.4, 0.5) is 0 Å². The van der Waals surface area contributed by atoms with Crippen molar-refractivity contribution in [1.29, 1.82) is 0 Å². The third kappa shape index (κ3) is 3.38. The maximum Gasteiger partial charge on any atom is 0.143 e. The van der Waals surface area contributed by atoms with E-state index in [2.05, 4.69) is 0 Å². The van der Waals surface area contributed by atoms with E-state index in [1.807, 2.05) is 6.92 Å². The first-order chi connectivity index (χ1) is 7.19. The Morgan fingerprint density at radius 1 is 1.40 bits per heavy atom. The van der Waals surface area contributed by atoms with Crippen LogP contribution < -0.4 is 4.74 Å². The van der Waals surface area contributed by atoms with Crippen molar-refractivity contribution in [3.8, 4) is 5.75 Å². The summed E-state index contributed by atoms with van der Waals surface area (Å²) < 4.78 is 5.46. The first kappa shape index (κ1) is 12.3. The van der Waals surface area contributed by atoms with Crippen molar-refractivity contribution in [2.75, 3.05) is 13.2 Å². The Balaban J connectivity index is 2.74. The maximum atomic E-state index is 9.08. The second-order valence-corrected chi connectivity index (χ2v) is 3.89. The highest BCUT2D eigenvalue weighted by Gasteiger charge is 2.09. The number of rotatable bonds is 5. The summed E-state index contributed by atoms with van der Waals surface area (Å²) in [5.74, 6) is 0.551. The van der Waals surface area contributed by atoms with Gasteiger partial charge in [0.25, 0.3) is 0 Å². The standard InChI is InChI=1S/C11H15ClO3/c1-8(5-13)7-15-11-9(6-14)3-2-4-10(11)12/h2-4,8,13-14H,5-7H2,1H3. The Hall–Kier alpha value is -0.770. The van der Waals surface area contributed by atoms with Crippen LogP contribution in [0.5, 0.6) is 5.75 Å². The van der Waals surface area contributed by atoms with Crippen molar-refractivity contribution in [3.05, 3.63) is 28.8 Å². The van der Waals surface area contributed by atoms with Crippen LogP contribution in [0.3, 0.4) is 0 Å². The molecular formula is C11H15ClO3. The number of benzene rings is 1. The number of hydrogen-bond acceptors (Lipinski definition) is 3. The first-order valence-corrected chi connectivity index (χ1v) is 5.18. The number of halogens is 1. The van der Waals surface area contributed by atoms with Gasteiger partial charge >= 0.3 is 0 Å². The Kier molecular flexibility index (Phi) is 4.88. The molecule has 1 unspecified atom stereocenters. The molecule has 0 aromatic heterocycles. The molecule has 0 aliphatic rings. The van der Waals surface area contributed by atoms with Crippen LogP contribution in [-0.4, -0.2) is 23.4 Å². The van der Waals surface area contributed by atoms with Crippen molar-refractivity contribution < 1.29 is 14.9 Å². The zero-order valence-corrected chi connectivity index (χ0v) is 9.37. The van der Waals surface area contributed by atoms with E-state index >= 15 is 0 Å². The summed E-state index contributed by atoms with van der Waals surface area (Å²) in [6, 6.07) is 5.22. The Bertz CT molecular complexity index is 315. The molecule has 0 spiro atoms.